The molecule has 3 aromatic rings. The number of methoxy groups -OCH3 is 1. The van der Waals surface area contributed by atoms with Gasteiger partial charge in [-0.3, -0.25) is 4.79 Å². The van der Waals surface area contributed by atoms with Crippen LogP contribution in [0.2, 0.25) is 25.7 Å². The molecule has 0 unspecified atom stereocenters. The number of nitrogens with zero attached hydrogens (tertiary/aromatic N) is 3. The Morgan fingerprint density at radius 3 is 2.31 bits per heavy atom. The summed E-state index contributed by atoms with van der Waals surface area (Å²) in [7, 11) is 0.391. The van der Waals surface area contributed by atoms with Crippen molar-refractivity contribution in [1.29, 1.82) is 0 Å². The molecule has 0 atom stereocenters. The molecule has 0 bridgehead atoms. The van der Waals surface area contributed by atoms with E-state index in [2.05, 4.69) is 36.9 Å². The van der Waals surface area contributed by atoms with E-state index in [1.165, 1.54) is 4.68 Å². The van der Waals surface area contributed by atoms with Gasteiger partial charge in [-0.25, -0.2) is 14.0 Å². The molecule has 1 aromatic heterocycles. The van der Waals surface area contributed by atoms with Crippen LogP contribution in [0.5, 0.6) is 5.75 Å². The van der Waals surface area contributed by atoms with Crippen LogP contribution < -0.4 is 21.7 Å². The van der Waals surface area contributed by atoms with E-state index in [0.717, 1.165) is 16.8 Å². The van der Waals surface area contributed by atoms with Crippen molar-refractivity contribution in [3.8, 4) is 11.4 Å². The maximum absolute atomic E-state index is 12.4. The average molecular weight is 624 g/mol. The number of nitrogens with two attached hydrogens (primary N) is 1. The molecule has 0 aliphatic rings. The van der Waals surface area contributed by atoms with Gasteiger partial charge < -0.3 is 15.2 Å². The van der Waals surface area contributed by atoms with Gasteiger partial charge in [0, 0.05) is 20.4 Å². The van der Waals surface area contributed by atoms with E-state index in [-0.39, 0.29) is 27.8 Å². The van der Waals surface area contributed by atoms with E-state index in [1.54, 1.807) is 49.6 Å². The number of aromatic nitrogens is 3. The molecule has 1 heterocycles. The number of hydrogen-bond donors (Lipinski definition) is 1. The van der Waals surface area contributed by atoms with E-state index < -0.39 is 19.3 Å². The third-order valence-corrected chi connectivity index (χ3v) is 5.90. The standard InChI is InChI=1S/C15H20N3O3Si.C7H8NO.W/c1-22(2,3)10-9-21-12-17-14(19)11-16-18(15(17)20)13-7-5-4-6-8-13;1-9-7-5-3-2-4-6(7)8;/h5-8,11H,9-10,12H2,1-3H3;3-5H,8H2,1H3;/q2*-1;+2. The number of anilines is 1. The van der Waals surface area contributed by atoms with Gasteiger partial charge in [-0.2, -0.15) is 41.5 Å². The second-order valence-electron chi connectivity index (χ2n) is 7.88. The summed E-state index contributed by atoms with van der Waals surface area (Å²) in [6, 6.07) is 18.7. The summed E-state index contributed by atoms with van der Waals surface area (Å²) in [5.74, 6) is 0.703. The SMILES string of the molecule is COc1cc[c-]cc1N.C[Si](C)(C)CCOCn1c(=O)cnn(-c2cc[c-]cc2)c1=O.[W+2]. The Morgan fingerprint density at radius 2 is 1.75 bits per heavy atom. The van der Waals surface area contributed by atoms with E-state index in [0.29, 0.717) is 23.7 Å². The van der Waals surface area contributed by atoms with Crippen LogP contribution >= 0.6 is 0 Å². The molecule has 2 aromatic carbocycles. The van der Waals surface area contributed by atoms with Gasteiger partial charge in [0.25, 0.3) is 5.56 Å². The van der Waals surface area contributed by atoms with E-state index in [4.69, 9.17) is 15.2 Å². The topological polar surface area (TPSA) is 101 Å². The number of benzene rings is 2. The minimum Gasteiger partial charge on any atom is -0.520 e. The zero-order valence-corrected chi connectivity index (χ0v) is 22.6. The van der Waals surface area contributed by atoms with Crippen LogP contribution in [0.3, 0.4) is 0 Å². The number of ether oxygens (including phenoxy) is 2. The maximum Gasteiger partial charge on any atom is 2.00 e. The van der Waals surface area contributed by atoms with Crippen LogP contribution in [0.4, 0.5) is 5.69 Å². The molecule has 0 fully saturated rings. The summed E-state index contributed by atoms with van der Waals surface area (Å²) in [5, 5.41) is 3.88. The zero-order valence-electron chi connectivity index (χ0n) is 18.7. The molecular weight excluding hydrogens is 596 g/mol. The van der Waals surface area contributed by atoms with Crippen molar-refractivity contribution in [2.45, 2.75) is 32.4 Å². The number of hydrogen-bond acceptors (Lipinski definition) is 6. The molecule has 0 amide bonds. The predicted molar refractivity (Wildman–Crippen MR) is 123 cm³/mol. The van der Waals surface area contributed by atoms with E-state index in [1.807, 2.05) is 0 Å². The van der Waals surface area contributed by atoms with Crippen molar-refractivity contribution in [2.24, 2.45) is 0 Å². The fourth-order valence-electron chi connectivity index (χ4n) is 2.40. The molecule has 0 saturated heterocycles. The van der Waals surface area contributed by atoms with Gasteiger partial charge in [0.15, 0.2) is 0 Å². The first-order valence-corrected chi connectivity index (χ1v) is 13.5. The molecule has 8 nitrogen and oxygen atoms in total. The third-order valence-electron chi connectivity index (χ3n) is 4.20. The molecule has 0 aliphatic carbocycles. The summed E-state index contributed by atoms with van der Waals surface area (Å²) in [6.45, 7) is 7.23. The van der Waals surface area contributed by atoms with Crippen LogP contribution in [0.25, 0.3) is 5.69 Å². The summed E-state index contributed by atoms with van der Waals surface area (Å²) < 4.78 is 12.6. The van der Waals surface area contributed by atoms with E-state index in [9.17, 15) is 9.59 Å². The number of rotatable bonds is 7. The minimum absolute atomic E-state index is 0. The Kier molecular flexibility index (Phi) is 11.3. The summed E-state index contributed by atoms with van der Waals surface area (Å²) >= 11 is 0. The summed E-state index contributed by atoms with van der Waals surface area (Å²) in [4.78, 5) is 24.2. The maximum atomic E-state index is 12.4. The smallest absolute Gasteiger partial charge is 0.520 e. The van der Waals surface area contributed by atoms with Crippen LogP contribution in [0.15, 0.2) is 58.3 Å². The van der Waals surface area contributed by atoms with Crippen molar-refractivity contribution in [3.63, 3.8) is 0 Å². The Balaban J connectivity index is 0.000000431. The fraction of sp³-hybridized carbons (Fsp3) is 0.318. The first-order chi connectivity index (χ1) is 14.7. The molecule has 0 saturated carbocycles. The van der Waals surface area contributed by atoms with Gasteiger partial charge in [0.05, 0.1) is 7.11 Å². The minimum atomic E-state index is -1.20. The number of nitrogen functional groups attached to an aromatic ring is 1. The molecular formula is C22H28N4O4SiW. The predicted octanol–water partition coefficient (Wildman–Crippen LogP) is 2.58. The monoisotopic (exact) mass is 624 g/mol. The van der Waals surface area contributed by atoms with Crippen LogP contribution in [-0.4, -0.2) is 36.1 Å². The molecule has 0 radical (unpaired) electrons. The molecule has 3 rings (SSSR count). The molecule has 0 spiro atoms. The van der Waals surface area contributed by atoms with Crippen LogP contribution in [0.1, 0.15) is 0 Å². The summed E-state index contributed by atoms with van der Waals surface area (Å²) in [6.07, 6.45) is 1.12. The second kappa shape index (κ2) is 13.2. The Labute approximate surface area is 203 Å². The largest absolute Gasteiger partial charge is 2.00 e. The van der Waals surface area contributed by atoms with Crippen molar-refractivity contribution in [2.75, 3.05) is 19.5 Å². The third kappa shape index (κ3) is 8.57. The van der Waals surface area contributed by atoms with Crippen molar-refractivity contribution in [3.05, 3.63) is 81.6 Å². The molecule has 170 valence electrons. The van der Waals surface area contributed by atoms with E-state index >= 15 is 0 Å². The average Bonchev–Trinajstić information content (AvgIpc) is 2.74. The molecule has 32 heavy (non-hydrogen) atoms. The molecule has 10 heteroatoms. The Morgan fingerprint density at radius 1 is 1.09 bits per heavy atom. The van der Waals surface area contributed by atoms with Gasteiger partial charge in [0.2, 0.25) is 0 Å². The zero-order chi connectivity index (χ0) is 22.9. The second-order valence-corrected chi connectivity index (χ2v) is 13.5. The van der Waals surface area contributed by atoms with Gasteiger partial charge >= 0.3 is 26.8 Å². The fourth-order valence-corrected chi connectivity index (χ4v) is 3.16. The van der Waals surface area contributed by atoms with Crippen LogP contribution in [0, 0.1) is 12.1 Å². The summed E-state index contributed by atoms with van der Waals surface area (Å²) in [5.41, 5.74) is 5.71. The van der Waals surface area contributed by atoms with Crippen LogP contribution in [-0.2, 0) is 32.5 Å². The molecule has 2 N–H and O–H groups in total. The van der Waals surface area contributed by atoms with Crippen molar-refractivity contribution >= 4 is 13.8 Å². The van der Waals surface area contributed by atoms with Crippen molar-refractivity contribution in [1.82, 2.24) is 14.3 Å². The first-order valence-electron chi connectivity index (χ1n) is 9.76. The van der Waals surface area contributed by atoms with Crippen molar-refractivity contribution < 1.29 is 30.5 Å². The quantitative estimate of drug-likeness (QED) is 0.188. The van der Waals surface area contributed by atoms with Gasteiger partial charge in [-0.05, 0) is 17.4 Å². The van der Waals surface area contributed by atoms with Gasteiger partial charge in [-0.1, -0.05) is 19.6 Å². The van der Waals surface area contributed by atoms with Gasteiger partial charge in [0.1, 0.15) is 12.9 Å². The Hall–Kier alpha value is -2.48. The first kappa shape index (κ1) is 27.5. The molecule has 0 aliphatic heterocycles. The normalized spacial score (nSPS) is 10.5. The van der Waals surface area contributed by atoms with Gasteiger partial charge in [-0.15, -0.1) is 18.2 Å². The Bertz CT molecular complexity index is 1080.